The minimum atomic E-state index is -0.368. The second kappa shape index (κ2) is 8.86. The molecule has 2 N–H and O–H groups in total. The lowest BCUT2D eigenvalue weighted by atomic mass is 10.2. The quantitative estimate of drug-likeness (QED) is 0.587. The molecule has 0 aliphatic carbocycles. The van der Waals surface area contributed by atoms with Crippen LogP contribution in [0.1, 0.15) is 33.9 Å². The Morgan fingerprint density at radius 1 is 1.07 bits per heavy atom. The van der Waals surface area contributed by atoms with Crippen molar-refractivity contribution in [1.82, 2.24) is 4.98 Å². The van der Waals surface area contributed by atoms with Gasteiger partial charge in [0.2, 0.25) is 5.88 Å². The van der Waals surface area contributed by atoms with Gasteiger partial charge < -0.3 is 15.4 Å². The summed E-state index contributed by atoms with van der Waals surface area (Å²) >= 11 is 7.49. The molecule has 0 aliphatic heterocycles. The van der Waals surface area contributed by atoms with E-state index in [1.807, 2.05) is 25.3 Å². The smallest absolute Gasteiger partial charge is 0.265 e. The summed E-state index contributed by atoms with van der Waals surface area (Å²) in [6, 6.07) is 12.0. The van der Waals surface area contributed by atoms with Gasteiger partial charge in [-0.05, 0) is 49.6 Å². The summed E-state index contributed by atoms with van der Waals surface area (Å²) in [5, 5.41) is 7.67. The van der Waals surface area contributed by atoms with Gasteiger partial charge >= 0.3 is 0 Å². The summed E-state index contributed by atoms with van der Waals surface area (Å²) in [7, 11) is 0. The fourth-order valence-electron chi connectivity index (χ4n) is 2.34. The van der Waals surface area contributed by atoms with Crippen LogP contribution in [0.15, 0.2) is 54.0 Å². The number of hydrogen-bond donors (Lipinski definition) is 2. The summed E-state index contributed by atoms with van der Waals surface area (Å²) in [6.07, 6.45) is 1.33. The number of ether oxygens (including phenoxy) is 1. The van der Waals surface area contributed by atoms with Crippen molar-refractivity contribution in [3.05, 3.63) is 69.5 Å². The normalized spacial score (nSPS) is 10.6. The van der Waals surface area contributed by atoms with E-state index in [9.17, 15) is 9.59 Å². The highest BCUT2D eigenvalue weighted by atomic mass is 35.5. The van der Waals surface area contributed by atoms with Crippen LogP contribution in [-0.2, 0) is 0 Å². The molecule has 0 radical (unpaired) electrons. The van der Waals surface area contributed by atoms with E-state index in [4.69, 9.17) is 16.3 Å². The second-order valence-corrected chi connectivity index (χ2v) is 7.50. The van der Waals surface area contributed by atoms with Crippen molar-refractivity contribution >= 4 is 46.1 Å². The number of rotatable bonds is 6. The molecular formula is C20H18ClN3O3S. The lowest BCUT2D eigenvalue weighted by Crippen LogP contribution is -2.14. The van der Waals surface area contributed by atoms with Gasteiger partial charge in [0.05, 0.1) is 16.5 Å². The molecule has 0 bridgehead atoms. The Morgan fingerprint density at radius 2 is 1.79 bits per heavy atom. The first kappa shape index (κ1) is 19.9. The average molecular weight is 416 g/mol. The molecule has 2 aromatic heterocycles. The van der Waals surface area contributed by atoms with Crippen LogP contribution in [0, 0.1) is 0 Å². The number of benzene rings is 1. The van der Waals surface area contributed by atoms with Crippen LogP contribution in [-0.4, -0.2) is 22.9 Å². The Labute approximate surface area is 171 Å². The Hall–Kier alpha value is -2.90. The fraction of sp³-hybridized carbons (Fsp3) is 0.150. The third-order valence-corrected chi connectivity index (χ3v) is 4.68. The molecule has 0 spiro atoms. The lowest BCUT2D eigenvalue weighted by molar-refractivity contribution is 0.102. The van der Waals surface area contributed by atoms with Gasteiger partial charge in [0.25, 0.3) is 11.8 Å². The van der Waals surface area contributed by atoms with Crippen molar-refractivity contribution in [2.75, 3.05) is 10.6 Å². The zero-order chi connectivity index (χ0) is 20.1. The molecule has 1 aromatic carbocycles. The number of carbonyl (C=O) groups excluding carboxylic acids is 2. The number of pyridine rings is 1. The predicted octanol–water partition coefficient (Wildman–Crippen LogP) is 5.09. The number of nitrogens with one attached hydrogen (secondary N) is 2. The molecule has 0 atom stereocenters. The van der Waals surface area contributed by atoms with Gasteiger partial charge in [-0.15, -0.1) is 11.3 Å². The van der Waals surface area contributed by atoms with E-state index in [1.54, 1.807) is 30.3 Å². The van der Waals surface area contributed by atoms with Gasteiger partial charge in [0.1, 0.15) is 5.02 Å². The topological polar surface area (TPSA) is 80.3 Å². The minimum absolute atomic E-state index is 0.0724. The molecule has 28 heavy (non-hydrogen) atoms. The second-order valence-electron chi connectivity index (χ2n) is 6.14. The van der Waals surface area contributed by atoms with Crippen LogP contribution in [0.2, 0.25) is 5.02 Å². The Bertz CT molecular complexity index is 990. The monoisotopic (exact) mass is 415 g/mol. The van der Waals surface area contributed by atoms with E-state index in [-0.39, 0.29) is 28.8 Å². The Balaban J connectivity index is 1.69. The van der Waals surface area contributed by atoms with Gasteiger partial charge in [-0.25, -0.2) is 4.98 Å². The van der Waals surface area contributed by atoms with Crippen molar-refractivity contribution in [2.24, 2.45) is 0 Å². The average Bonchev–Trinajstić information content (AvgIpc) is 3.18. The number of hydrogen-bond acceptors (Lipinski definition) is 5. The van der Waals surface area contributed by atoms with Crippen molar-refractivity contribution < 1.29 is 14.3 Å². The molecule has 0 saturated carbocycles. The van der Waals surface area contributed by atoms with E-state index < -0.39 is 0 Å². The number of nitrogens with zero attached hydrogens (tertiary/aromatic N) is 1. The van der Waals surface area contributed by atoms with E-state index in [0.29, 0.717) is 21.8 Å². The molecule has 144 valence electrons. The van der Waals surface area contributed by atoms with Crippen molar-refractivity contribution in [3.63, 3.8) is 0 Å². The maximum absolute atomic E-state index is 12.5. The summed E-state index contributed by atoms with van der Waals surface area (Å²) < 4.78 is 5.47. The summed E-state index contributed by atoms with van der Waals surface area (Å²) in [4.78, 5) is 29.3. The van der Waals surface area contributed by atoms with Crippen LogP contribution in [0.4, 0.5) is 11.4 Å². The maximum atomic E-state index is 12.5. The summed E-state index contributed by atoms with van der Waals surface area (Å²) in [6.45, 7) is 3.73. The molecular weight excluding hydrogens is 398 g/mol. The Morgan fingerprint density at radius 3 is 2.39 bits per heavy atom. The number of anilines is 2. The van der Waals surface area contributed by atoms with E-state index in [1.165, 1.54) is 23.6 Å². The van der Waals surface area contributed by atoms with E-state index >= 15 is 0 Å². The SMILES string of the molecule is CC(C)Oc1ncc(C(=O)Nc2cccc(NC(=O)c3cccs3)c2)cc1Cl. The molecule has 3 aromatic rings. The fourth-order valence-corrected chi connectivity index (χ4v) is 3.17. The van der Waals surface area contributed by atoms with Gasteiger partial charge in [-0.3, -0.25) is 9.59 Å². The Kier molecular flexibility index (Phi) is 6.28. The van der Waals surface area contributed by atoms with E-state index in [0.717, 1.165) is 0 Å². The van der Waals surface area contributed by atoms with E-state index in [2.05, 4.69) is 15.6 Å². The van der Waals surface area contributed by atoms with Crippen molar-refractivity contribution in [3.8, 4) is 5.88 Å². The van der Waals surface area contributed by atoms with Gasteiger partial charge in [0.15, 0.2) is 0 Å². The minimum Gasteiger partial charge on any atom is -0.474 e. The molecule has 2 heterocycles. The first-order chi connectivity index (χ1) is 13.4. The lowest BCUT2D eigenvalue weighted by Gasteiger charge is -2.11. The highest BCUT2D eigenvalue weighted by molar-refractivity contribution is 7.12. The molecule has 2 amide bonds. The zero-order valence-corrected chi connectivity index (χ0v) is 16.8. The largest absolute Gasteiger partial charge is 0.474 e. The molecule has 0 fully saturated rings. The highest BCUT2D eigenvalue weighted by Crippen LogP contribution is 2.24. The van der Waals surface area contributed by atoms with Crippen LogP contribution >= 0.6 is 22.9 Å². The number of halogens is 1. The van der Waals surface area contributed by atoms with Crippen molar-refractivity contribution in [1.29, 1.82) is 0 Å². The molecule has 6 nitrogen and oxygen atoms in total. The molecule has 8 heteroatoms. The first-order valence-corrected chi connectivity index (χ1v) is 9.76. The summed E-state index contributed by atoms with van der Waals surface area (Å²) in [5.41, 5.74) is 1.41. The standard InChI is InChI=1S/C20H18ClN3O3S/c1-12(2)27-20-16(21)9-13(11-22-20)18(25)23-14-5-3-6-15(10-14)24-19(26)17-7-4-8-28-17/h3-12H,1-2H3,(H,23,25)(H,24,26). The molecule has 0 saturated heterocycles. The van der Waals surface area contributed by atoms with Crippen LogP contribution < -0.4 is 15.4 Å². The van der Waals surface area contributed by atoms with Crippen molar-refractivity contribution in [2.45, 2.75) is 20.0 Å². The molecule has 0 unspecified atom stereocenters. The number of amides is 2. The first-order valence-electron chi connectivity index (χ1n) is 8.51. The zero-order valence-electron chi connectivity index (χ0n) is 15.2. The van der Waals surface area contributed by atoms with Gasteiger partial charge in [-0.2, -0.15) is 0 Å². The van der Waals surface area contributed by atoms with Crippen LogP contribution in [0.5, 0.6) is 5.88 Å². The molecule has 0 aliphatic rings. The van der Waals surface area contributed by atoms with Crippen LogP contribution in [0.25, 0.3) is 0 Å². The predicted molar refractivity (Wildman–Crippen MR) is 112 cm³/mol. The third kappa shape index (κ3) is 5.09. The number of thiophene rings is 1. The highest BCUT2D eigenvalue weighted by Gasteiger charge is 2.13. The van der Waals surface area contributed by atoms with Gasteiger partial charge in [0, 0.05) is 17.6 Å². The molecule has 3 rings (SSSR count). The maximum Gasteiger partial charge on any atom is 0.265 e. The summed E-state index contributed by atoms with van der Waals surface area (Å²) in [5.74, 6) is -0.283. The number of aromatic nitrogens is 1. The van der Waals surface area contributed by atoms with Crippen LogP contribution in [0.3, 0.4) is 0 Å². The third-order valence-electron chi connectivity index (χ3n) is 3.54. The van der Waals surface area contributed by atoms with Gasteiger partial charge in [-0.1, -0.05) is 23.7 Å². The number of carbonyl (C=O) groups is 2.